The summed E-state index contributed by atoms with van der Waals surface area (Å²) in [5.74, 6) is 0.953. The van der Waals surface area contributed by atoms with Gasteiger partial charge in [-0.1, -0.05) is 18.5 Å². The largest absolute Gasteiger partial charge is 0.382 e. The lowest BCUT2D eigenvalue weighted by Crippen LogP contribution is -2.37. The van der Waals surface area contributed by atoms with Gasteiger partial charge in [-0.05, 0) is 24.8 Å². The maximum Gasteiger partial charge on any atom is 0.255 e. The Bertz CT molecular complexity index is 428. The van der Waals surface area contributed by atoms with Crippen LogP contribution in [0.5, 0.6) is 0 Å². The average Bonchev–Trinajstić information content (AvgIpc) is 2.33. The normalized spacial score (nSPS) is 17.2. The standard InChI is InChI=1S/C12H16ClN3O/c1-8-2-4-16(5-3-8)12(17)9-6-10(13)11(14)15-7-9/h6-8H,2-5H2,1H3,(H2,14,15). The molecule has 1 fully saturated rings. The molecule has 0 radical (unpaired) electrons. The van der Waals surface area contributed by atoms with Gasteiger partial charge in [-0.2, -0.15) is 0 Å². The SMILES string of the molecule is CC1CCN(C(=O)c2cnc(N)c(Cl)c2)CC1. The first-order valence-corrected chi connectivity index (χ1v) is 6.16. The lowest BCUT2D eigenvalue weighted by Gasteiger charge is -2.30. The van der Waals surface area contributed by atoms with Crippen LogP contribution < -0.4 is 5.73 Å². The van der Waals surface area contributed by atoms with E-state index >= 15 is 0 Å². The Hall–Kier alpha value is -1.29. The minimum Gasteiger partial charge on any atom is -0.382 e. The topological polar surface area (TPSA) is 59.2 Å². The van der Waals surface area contributed by atoms with Crippen molar-refractivity contribution < 1.29 is 4.79 Å². The minimum atomic E-state index is -0.00806. The first kappa shape index (κ1) is 12.2. The molecule has 1 aromatic heterocycles. The van der Waals surface area contributed by atoms with Crippen LogP contribution in [-0.2, 0) is 0 Å². The molecule has 92 valence electrons. The third kappa shape index (κ3) is 2.69. The zero-order valence-electron chi connectivity index (χ0n) is 9.82. The molecule has 0 unspecified atom stereocenters. The molecule has 4 nitrogen and oxygen atoms in total. The van der Waals surface area contributed by atoms with E-state index in [2.05, 4.69) is 11.9 Å². The summed E-state index contributed by atoms with van der Waals surface area (Å²) in [6.07, 6.45) is 3.60. The smallest absolute Gasteiger partial charge is 0.255 e. The number of rotatable bonds is 1. The van der Waals surface area contributed by atoms with Crippen molar-refractivity contribution in [3.8, 4) is 0 Å². The van der Waals surface area contributed by atoms with Gasteiger partial charge >= 0.3 is 0 Å². The summed E-state index contributed by atoms with van der Waals surface area (Å²) in [4.78, 5) is 17.9. The molecular weight excluding hydrogens is 238 g/mol. The molecule has 17 heavy (non-hydrogen) atoms. The molecule has 1 amide bonds. The maximum atomic E-state index is 12.2. The van der Waals surface area contributed by atoms with E-state index in [4.69, 9.17) is 17.3 Å². The number of nitrogen functional groups attached to an aromatic ring is 1. The summed E-state index contributed by atoms with van der Waals surface area (Å²) in [5.41, 5.74) is 6.03. The Morgan fingerprint density at radius 3 is 2.76 bits per heavy atom. The molecular formula is C12H16ClN3O. The van der Waals surface area contributed by atoms with Crippen LogP contribution in [-0.4, -0.2) is 28.9 Å². The summed E-state index contributed by atoms with van der Waals surface area (Å²) < 4.78 is 0. The molecule has 0 aromatic carbocycles. The number of piperidine rings is 1. The number of anilines is 1. The molecule has 0 atom stereocenters. The quantitative estimate of drug-likeness (QED) is 0.835. The molecule has 0 spiro atoms. The molecule has 2 rings (SSSR count). The van der Waals surface area contributed by atoms with E-state index in [1.54, 1.807) is 6.07 Å². The number of aromatic nitrogens is 1. The Balaban J connectivity index is 2.11. The van der Waals surface area contributed by atoms with Gasteiger partial charge in [-0.3, -0.25) is 4.79 Å². The first-order valence-electron chi connectivity index (χ1n) is 5.78. The van der Waals surface area contributed by atoms with Crippen LogP contribution in [0.15, 0.2) is 12.3 Å². The molecule has 0 bridgehead atoms. The molecule has 2 heterocycles. The van der Waals surface area contributed by atoms with Gasteiger partial charge in [0.15, 0.2) is 0 Å². The zero-order valence-corrected chi connectivity index (χ0v) is 10.6. The van der Waals surface area contributed by atoms with Crippen LogP contribution in [0.3, 0.4) is 0 Å². The second-order valence-electron chi connectivity index (χ2n) is 4.57. The van der Waals surface area contributed by atoms with Crippen LogP contribution in [0.2, 0.25) is 5.02 Å². The van der Waals surface area contributed by atoms with Crippen molar-refractivity contribution >= 4 is 23.3 Å². The fourth-order valence-corrected chi connectivity index (χ4v) is 2.13. The zero-order chi connectivity index (χ0) is 12.4. The summed E-state index contributed by atoms with van der Waals surface area (Å²) in [5, 5.41) is 0.334. The van der Waals surface area contributed by atoms with E-state index in [0.29, 0.717) is 16.5 Å². The molecule has 1 aliphatic rings. The second-order valence-corrected chi connectivity index (χ2v) is 4.97. The molecule has 1 aromatic rings. The van der Waals surface area contributed by atoms with Crippen molar-refractivity contribution in [3.63, 3.8) is 0 Å². The highest BCUT2D eigenvalue weighted by Gasteiger charge is 2.21. The Kier molecular flexibility index (Phi) is 3.52. The van der Waals surface area contributed by atoms with Gasteiger partial charge in [-0.15, -0.1) is 0 Å². The summed E-state index contributed by atoms with van der Waals surface area (Å²) in [7, 11) is 0. The summed E-state index contributed by atoms with van der Waals surface area (Å²) >= 11 is 5.86. The van der Waals surface area contributed by atoms with Crippen molar-refractivity contribution in [2.75, 3.05) is 18.8 Å². The van der Waals surface area contributed by atoms with E-state index in [9.17, 15) is 4.79 Å². The number of carbonyl (C=O) groups excluding carboxylic acids is 1. The summed E-state index contributed by atoms with van der Waals surface area (Å²) in [6, 6.07) is 1.59. The fraction of sp³-hybridized carbons (Fsp3) is 0.500. The highest BCUT2D eigenvalue weighted by molar-refractivity contribution is 6.33. The predicted molar refractivity (Wildman–Crippen MR) is 68.0 cm³/mol. The number of hydrogen-bond donors (Lipinski definition) is 1. The molecule has 5 heteroatoms. The van der Waals surface area contributed by atoms with Crippen molar-refractivity contribution in [2.45, 2.75) is 19.8 Å². The lowest BCUT2D eigenvalue weighted by atomic mass is 9.99. The van der Waals surface area contributed by atoms with E-state index < -0.39 is 0 Å². The number of nitrogens with two attached hydrogens (primary N) is 1. The Labute approximate surface area is 106 Å². The number of hydrogen-bond acceptors (Lipinski definition) is 3. The van der Waals surface area contributed by atoms with Gasteiger partial charge < -0.3 is 10.6 Å². The van der Waals surface area contributed by atoms with Crippen LogP contribution in [0.25, 0.3) is 0 Å². The van der Waals surface area contributed by atoms with Crippen LogP contribution in [0, 0.1) is 5.92 Å². The van der Waals surface area contributed by atoms with Gasteiger partial charge in [0.05, 0.1) is 10.6 Å². The minimum absolute atomic E-state index is 0.00806. The molecule has 1 saturated heterocycles. The van der Waals surface area contributed by atoms with E-state index in [0.717, 1.165) is 25.9 Å². The second kappa shape index (κ2) is 4.92. The molecule has 0 aliphatic carbocycles. The van der Waals surface area contributed by atoms with Crippen molar-refractivity contribution in [1.29, 1.82) is 0 Å². The van der Waals surface area contributed by atoms with Crippen molar-refractivity contribution in [2.24, 2.45) is 5.92 Å². The van der Waals surface area contributed by atoms with Gasteiger partial charge in [-0.25, -0.2) is 4.98 Å². The number of nitrogens with zero attached hydrogens (tertiary/aromatic N) is 2. The van der Waals surface area contributed by atoms with Gasteiger partial charge in [0.1, 0.15) is 5.82 Å². The predicted octanol–water partition coefficient (Wildman–Crippen LogP) is 2.19. The fourth-order valence-electron chi connectivity index (χ4n) is 1.96. The maximum absolute atomic E-state index is 12.2. The number of halogens is 1. The number of pyridine rings is 1. The molecule has 2 N–H and O–H groups in total. The third-order valence-corrected chi connectivity index (χ3v) is 3.49. The Morgan fingerprint density at radius 2 is 2.18 bits per heavy atom. The van der Waals surface area contributed by atoms with Gasteiger partial charge in [0.25, 0.3) is 5.91 Å². The van der Waals surface area contributed by atoms with Gasteiger partial charge in [0, 0.05) is 19.3 Å². The monoisotopic (exact) mass is 253 g/mol. The van der Waals surface area contributed by atoms with Crippen LogP contribution in [0.1, 0.15) is 30.1 Å². The molecule has 0 saturated carbocycles. The third-order valence-electron chi connectivity index (χ3n) is 3.19. The van der Waals surface area contributed by atoms with Crippen LogP contribution >= 0.6 is 11.6 Å². The highest BCUT2D eigenvalue weighted by atomic mass is 35.5. The first-order chi connectivity index (χ1) is 8.08. The van der Waals surface area contributed by atoms with Crippen molar-refractivity contribution in [3.05, 3.63) is 22.8 Å². The van der Waals surface area contributed by atoms with E-state index in [1.807, 2.05) is 4.90 Å². The number of amides is 1. The number of carbonyl (C=O) groups is 1. The molecule has 1 aliphatic heterocycles. The lowest BCUT2D eigenvalue weighted by molar-refractivity contribution is 0.0697. The summed E-state index contributed by atoms with van der Waals surface area (Å²) in [6.45, 7) is 3.83. The Morgan fingerprint density at radius 1 is 1.53 bits per heavy atom. The van der Waals surface area contributed by atoms with E-state index in [1.165, 1.54) is 6.20 Å². The van der Waals surface area contributed by atoms with Crippen molar-refractivity contribution in [1.82, 2.24) is 9.88 Å². The average molecular weight is 254 g/mol. The highest BCUT2D eigenvalue weighted by Crippen LogP contribution is 2.21. The number of likely N-dealkylation sites (tertiary alicyclic amines) is 1. The van der Waals surface area contributed by atoms with Gasteiger partial charge in [0.2, 0.25) is 0 Å². The van der Waals surface area contributed by atoms with Crippen LogP contribution in [0.4, 0.5) is 5.82 Å². The van der Waals surface area contributed by atoms with E-state index in [-0.39, 0.29) is 11.7 Å².